The molecule has 2 aliphatic rings. The summed E-state index contributed by atoms with van der Waals surface area (Å²) in [5.74, 6) is 0.0754. The van der Waals surface area contributed by atoms with Crippen LogP contribution in [-0.4, -0.2) is 78.1 Å². The van der Waals surface area contributed by atoms with E-state index in [0.717, 1.165) is 39.0 Å². The van der Waals surface area contributed by atoms with E-state index in [4.69, 9.17) is 4.74 Å². The van der Waals surface area contributed by atoms with Crippen LogP contribution in [0.15, 0.2) is 0 Å². The molecule has 0 N–H and O–H groups in total. The maximum Gasteiger partial charge on any atom is 0.410 e. The molecule has 0 aromatic rings. The van der Waals surface area contributed by atoms with E-state index < -0.39 is 5.60 Å². The number of ether oxygens (including phenoxy) is 1. The third kappa shape index (κ3) is 4.09. The Hall–Kier alpha value is -1.30. The summed E-state index contributed by atoms with van der Waals surface area (Å²) in [7, 11) is 2.06. The fourth-order valence-corrected chi connectivity index (χ4v) is 2.80. The van der Waals surface area contributed by atoms with Gasteiger partial charge in [-0.2, -0.15) is 0 Å². The number of likely N-dealkylation sites (N-methyl/N-ethyl adjacent to an activating group) is 1. The lowest BCUT2D eigenvalue weighted by Crippen LogP contribution is -2.54. The van der Waals surface area contributed by atoms with E-state index in [1.165, 1.54) is 0 Å². The molecule has 2 fully saturated rings. The van der Waals surface area contributed by atoms with Crippen molar-refractivity contribution in [2.75, 3.05) is 39.8 Å². The highest BCUT2D eigenvalue weighted by Crippen LogP contribution is 2.22. The monoisotopic (exact) mass is 297 g/mol. The molecule has 2 rings (SSSR count). The number of carbonyl (C=O) groups is 2. The lowest BCUT2D eigenvalue weighted by atomic mass is 10.1. The van der Waals surface area contributed by atoms with E-state index in [1.54, 1.807) is 4.90 Å². The van der Waals surface area contributed by atoms with Gasteiger partial charge in [-0.3, -0.25) is 9.69 Å². The average molecular weight is 297 g/mol. The van der Waals surface area contributed by atoms with Crippen LogP contribution in [0.5, 0.6) is 0 Å². The van der Waals surface area contributed by atoms with Crippen LogP contribution in [0.1, 0.15) is 33.6 Å². The van der Waals surface area contributed by atoms with Crippen molar-refractivity contribution < 1.29 is 14.3 Å². The second-order valence-electron chi connectivity index (χ2n) is 6.96. The molecule has 6 heteroatoms. The van der Waals surface area contributed by atoms with E-state index in [1.807, 2.05) is 25.7 Å². The summed E-state index contributed by atoms with van der Waals surface area (Å²) >= 11 is 0. The SMILES string of the molecule is CN1CCN(C(=O)C2CCCN2C(=O)OC(C)(C)C)CC1. The van der Waals surface area contributed by atoms with Gasteiger partial charge < -0.3 is 14.5 Å². The van der Waals surface area contributed by atoms with Gasteiger partial charge in [0.2, 0.25) is 5.91 Å². The normalized spacial score (nSPS) is 24.3. The maximum absolute atomic E-state index is 12.6. The molecule has 0 aliphatic carbocycles. The van der Waals surface area contributed by atoms with Crippen LogP contribution in [0.2, 0.25) is 0 Å². The van der Waals surface area contributed by atoms with Crippen LogP contribution in [0.25, 0.3) is 0 Å². The van der Waals surface area contributed by atoms with Crippen LogP contribution in [0.3, 0.4) is 0 Å². The Morgan fingerprint density at radius 1 is 1.05 bits per heavy atom. The minimum atomic E-state index is -0.527. The van der Waals surface area contributed by atoms with Gasteiger partial charge in [-0.25, -0.2) is 4.79 Å². The summed E-state index contributed by atoms with van der Waals surface area (Å²) in [6.07, 6.45) is 1.24. The quantitative estimate of drug-likeness (QED) is 0.729. The number of carbonyl (C=O) groups excluding carboxylic acids is 2. The zero-order valence-corrected chi connectivity index (χ0v) is 13.6. The first kappa shape index (κ1) is 16.1. The number of hydrogen-bond donors (Lipinski definition) is 0. The van der Waals surface area contributed by atoms with Gasteiger partial charge in [0.05, 0.1) is 0 Å². The molecule has 0 bridgehead atoms. The van der Waals surface area contributed by atoms with Crippen LogP contribution in [-0.2, 0) is 9.53 Å². The Bertz CT molecular complexity index is 397. The average Bonchev–Trinajstić information content (AvgIpc) is 2.86. The Labute approximate surface area is 127 Å². The molecule has 0 spiro atoms. The van der Waals surface area contributed by atoms with Crippen molar-refractivity contribution in [1.29, 1.82) is 0 Å². The second-order valence-corrected chi connectivity index (χ2v) is 6.96. The molecular weight excluding hydrogens is 270 g/mol. The molecule has 0 aromatic heterocycles. The number of likely N-dealkylation sites (tertiary alicyclic amines) is 1. The highest BCUT2D eigenvalue weighted by molar-refractivity contribution is 5.86. The first-order valence-corrected chi connectivity index (χ1v) is 7.75. The van der Waals surface area contributed by atoms with Gasteiger partial charge >= 0.3 is 6.09 Å². The van der Waals surface area contributed by atoms with Crippen molar-refractivity contribution in [3.8, 4) is 0 Å². The van der Waals surface area contributed by atoms with Crippen LogP contribution in [0, 0.1) is 0 Å². The topological polar surface area (TPSA) is 53.1 Å². The molecule has 0 aromatic carbocycles. The molecule has 0 radical (unpaired) electrons. The Morgan fingerprint density at radius 2 is 1.67 bits per heavy atom. The number of piperazine rings is 1. The smallest absolute Gasteiger partial charge is 0.410 e. The van der Waals surface area contributed by atoms with Crippen molar-refractivity contribution in [2.24, 2.45) is 0 Å². The Morgan fingerprint density at radius 3 is 2.24 bits per heavy atom. The zero-order chi connectivity index (χ0) is 15.6. The molecule has 2 amide bonds. The van der Waals surface area contributed by atoms with E-state index in [9.17, 15) is 9.59 Å². The molecule has 2 saturated heterocycles. The molecule has 0 saturated carbocycles. The first-order chi connectivity index (χ1) is 9.78. The summed E-state index contributed by atoms with van der Waals surface area (Å²) < 4.78 is 5.41. The summed E-state index contributed by atoms with van der Waals surface area (Å²) in [4.78, 5) is 30.6. The minimum absolute atomic E-state index is 0.0754. The van der Waals surface area contributed by atoms with Crippen LogP contribution >= 0.6 is 0 Å². The number of amides is 2. The largest absolute Gasteiger partial charge is 0.444 e. The van der Waals surface area contributed by atoms with E-state index in [2.05, 4.69) is 11.9 Å². The number of rotatable bonds is 1. The van der Waals surface area contributed by atoms with Crippen molar-refractivity contribution in [1.82, 2.24) is 14.7 Å². The van der Waals surface area contributed by atoms with Gasteiger partial charge in [0.25, 0.3) is 0 Å². The van der Waals surface area contributed by atoms with Crippen molar-refractivity contribution >= 4 is 12.0 Å². The first-order valence-electron chi connectivity index (χ1n) is 7.75. The predicted molar refractivity (Wildman–Crippen MR) is 80.0 cm³/mol. The van der Waals surface area contributed by atoms with Crippen LogP contribution < -0.4 is 0 Å². The standard InChI is InChI=1S/C15H27N3O3/c1-15(2,3)21-14(20)18-7-5-6-12(18)13(19)17-10-8-16(4)9-11-17/h12H,5-11H2,1-4H3. The highest BCUT2D eigenvalue weighted by Gasteiger charge is 2.38. The van der Waals surface area contributed by atoms with Crippen molar-refractivity contribution in [2.45, 2.75) is 45.3 Å². The van der Waals surface area contributed by atoms with Crippen molar-refractivity contribution in [3.05, 3.63) is 0 Å². The lowest BCUT2D eigenvalue weighted by molar-refractivity contribution is -0.137. The third-order valence-electron chi connectivity index (χ3n) is 3.98. The molecule has 1 unspecified atom stereocenters. The summed E-state index contributed by atoms with van der Waals surface area (Å²) in [5, 5.41) is 0. The van der Waals surface area contributed by atoms with Crippen LogP contribution in [0.4, 0.5) is 4.79 Å². The molecule has 120 valence electrons. The van der Waals surface area contributed by atoms with Gasteiger partial charge in [-0.1, -0.05) is 0 Å². The van der Waals surface area contributed by atoms with Gasteiger partial charge in [0.15, 0.2) is 0 Å². The van der Waals surface area contributed by atoms with E-state index >= 15 is 0 Å². The third-order valence-corrected chi connectivity index (χ3v) is 3.98. The van der Waals surface area contributed by atoms with Gasteiger partial charge in [-0.05, 0) is 40.7 Å². The molecule has 2 heterocycles. The van der Waals surface area contributed by atoms with E-state index in [0.29, 0.717) is 6.54 Å². The predicted octanol–water partition coefficient (Wildman–Crippen LogP) is 1.16. The maximum atomic E-state index is 12.6. The number of nitrogens with zero attached hydrogens (tertiary/aromatic N) is 3. The van der Waals surface area contributed by atoms with E-state index in [-0.39, 0.29) is 18.0 Å². The molecule has 6 nitrogen and oxygen atoms in total. The molecule has 2 aliphatic heterocycles. The highest BCUT2D eigenvalue weighted by atomic mass is 16.6. The fraction of sp³-hybridized carbons (Fsp3) is 0.867. The Kier molecular flexibility index (Phi) is 4.76. The summed E-state index contributed by atoms with van der Waals surface area (Å²) in [6, 6.07) is -0.344. The summed E-state index contributed by atoms with van der Waals surface area (Å²) in [6.45, 7) is 9.42. The summed E-state index contributed by atoms with van der Waals surface area (Å²) in [5.41, 5.74) is -0.527. The zero-order valence-electron chi connectivity index (χ0n) is 13.6. The second kappa shape index (κ2) is 6.22. The Balaban J connectivity index is 1.98. The lowest BCUT2D eigenvalue weighted by Gasteiger charge is -2.36. The van der Waals surface area contributed by atoms with Crippen molar-refractivity contribution in [3.63, 3.8) is 0 Å². The fourth-order valence-electron chi connectivity index (χ4n) is 2.80. The molecular formula is C15H27N3O3. The molecule has 1 atom stereocenters. The van der Waals surface area contributed by atoms with Gasteiger partial charge in [-0.15, -0.1) is 0 Å². The minimum Gasteiger partial charge on any atom is -0.444 e. The van der Waals surface area contributed by atoms with Gasteiger partial charge in [0, 0.05) is 32.7 Å². The molecule has 21 heavy (non-hydrogen) atoms. The van der Waals surface area contributed by atoms with Gasteiger partial charge in [0.1, 0.15) is 11.6 Å². The number of hydrogen-bond acceptors (Lipinski definition) is 4.